The molecule has 1 aliphatic heterocycles. The zero-order valence-electron chi connectivity index (χ0n) is 12.4. The summed E-state index contributed by atoms with van der Waals surface area (Å²) in [5.74, 6) is 1.76. The summed E-state index contributed by atoms with van der Waals surface area (Å²) in [6.45, 7) is 8.79. The Hall–Kier alpha value is -0.260. The molecule has 1 amide bonds. The summed E-state index contributed by atoms with van der Waals surface area (Å²) in [5.41, 5.74) is 0. The van der Waals surface area contributed by atoms with E-state index < -0.39 is 0 Å². The second-order valence-electron chi connectivity index (χ2n) is 5.77. The number of carbonyl (C=O) groups is 1. The maximum absolute atomic E-state index is 11.8. The van der Waals surface area contributed by atoms with Gasteiger partial charge in [-0.3, -0.25) is 4.79 Å². The van der Waals surface area contributed by atoms with Crippen molar-refractivity contribution in [1.82, 2.24) is 10.2 Å². The number of amides is 1. The van der Waals surface area contributed by atoms with Crippen molar-refractivity contribution >= 4 is 17.7 Å². The van der Waals surface area contributed by atoms with Crippen LogP contribution in [0.25, 0.3) is 0 Å². The molecule has 1 unspecified atom stereocenters. The molecule has 0 aliphatic carbocycles. The number of carbonyl (C=O) groups excluding carboxylic acids is 1. The summed E-state index contributed by atoms with van der Waals surface area (Å²) in [5, 5.41) is 12.0. The number of piperidine rings is 1. The van der Waals surface area contributed by atoms with Crippen LogP contribution in [0.1, 0.15) is 33.6 Å². The molecule has 1 rings (SSSR count). The molecule has 0 saturated carbocycles. The van der Waals surface area contributed by atoms with E-state index in [1.54, 1.807) is 11.8 Å². The molecule has 1 aliphatic rings. The lowest BCUT2D eigenvalue weighted by atomic mass is 10.0. The Morgan fingerprint density at radius 1 is 1.37 bits per heavy atom. The molecule has 19 heavy (non-hydrogen) atoms. The summed E-state index contributed by atoms with van der Waals surface area (Å²) in [4.78, 5) is 14.2. The maximum Gasteiger partial charge on any atom is 0.230 e. The average molecular weight is 288 g/mol. The first-order valence-electron chi connectivity index (χ1n) is 7.25. The van der Waals surface area contributed by atoms with Gasteiger partial charge in [-0.2, -0.15) is 11.8 Å². The van der Waals surface area contributed by atoms with E-state index in [0.717, 1.165) is 31.7 Å². The third-order valence-electron chi connectivity index (χ3n) is 3.57. The van der Waals surface area contributed by atoms with Crippen LogP contribution in [0.2, 0.25) is 0 Å². The Morgan fingerprint density at radius 2 is 2.00 bits per heavy atom. The quantitative estimate of drug-likeness (QED) is 0.742. The first-order valence-corrected chi connectivity index (χ1v) is 8.40. The van der Waals surface area contributed by atoms with Crippen molar-refractivity contribution in [1.29, 1.82) is 0 Å². The number of nitrogens with one attached hydrogen (secondary N) is 1. The second kappa shape index (κ2) is 8.82. The van der Waals surface area contributed by atoms with Crippen molar-refractivity contribution in [3.63, 3.8) is 0 Å². The highest BCUT2D eigenvalue weighted by molar-refractivity contribution is 7.99. The van der Waals surface area contributed by atoms with Gasteiger partial charge in [-0.25, -0.2) is 0 Å². The molecular weight excluding hydrogens is 260 g/mol. The molecule has 112 valence electrons. The Kier molecular flexibility index (Phi) is 7.80. The zero-order valence-corrected chi connectivity index (χ0v) is 13.2. The van der Waals surface area contributed by atoms with Gasteiger partial charge < -0.3 is 15.3 Å². The van der Waals surface area contributed by atoms with Gasteiger partial charge in [0.1, 0.15) is 0 Å². The minimum absolute atomic E-state index is 0.137. The van der Waals surface area contributed by atoms with E-state index in [2.05, 4.69) is 24.1 Å². The van der Waals surface area contributed by atoms with Crippen molar-refractivity contribution in [3.05, 3.63) is 0 Å². The number of aliphatic hydroxyl groups is 1. The van der Waals surface area contributed by atoms with Crippen molar-refractivity contribution in [3.8, 4) is 0 Å². The molecule has 2 N–H and O–H groups in total. The molecule has 1 fully saturated rings. The standard InChI is InChI=1S/C14H28N2O2S/c1-11(2)16-6-4-13(5-7-16)15-14(18)10-19-9-12(3)8-17/h11-13,17H,4-10H2,1-3H3,(H,15,18). The van der Waals surface area contributed by atoms with Crippen LogP contribution in [-0.2, 0) is 4.79 Å². The topological polar surface area (TPSA) is 52.6 Å². The minimum atomic E-state index is 0.137. The molecule has 4 nitrogen and oxygen atoms in total. The largest absolute Gasteiger partial charge is 0.396 e. The average Bonchev–Trinajstić information content (AvgIpc) is 2.39. The van der Waals surface area contributed by atoms with E-state index in [-0.39, 0.29) is 18.4 Å². The predicted molar refractivity (Wildman–Crippen MR) is 81.4 cm³/mol. The van der Waals surface area contributed by atoms with E-state index in [0.29, 0.717) is 17.8 Å². The fraction of sp³-hybridized carbons (Fsp3) is 0.929. The fourth-order valence-corrected chi connectivity index (χ4v) is 3.13. The monoisotopic (exact) mass is 288 g/mol. The van der Waals surface area contributed by atoms with Gasteiger partial charge in [-0.05, 0) is 38.4 Å². The van der Waals surface area contributed by atoms with Gasteiger partial charge in [0, 0.05) is 31.8 Å². The fourth-order valence-electron chi connectivity index (χ4n) is 2.24. The molecule has 0 aromatic heterocycles. The van der Waals surface area contributed by atoms with Crippen molar-refractivity contribution in [2.75, 3.05) is 31.2 Å². The van der Waals surface area contributed by atoms with Crippen LogP contribution in [0.4, 0.5) is 0 Å². The maximum atomic E-state index is 11.8. The third-order valence-corrected chi connectivity index (χ3v) is 4.84. The first kappa shape index (κ1) is 16.8. The summed E-state index contributed by atoms with van der Waals surface area (Å²) in [6.07, 6.45) is 2.11. The van der Waals surface area contributed by atoms with E-state index in [1.807, 2.05) is 6.92 Å². The number of nitrogens with zero attached hydrogens (tertiary/aromatic N) is 1. The normalized spacial score (nSPS) is 19.6. The Balaban J connectivity index is 2.13. The molecule has 1 saturated heterocycles. The number of aliphatic hydroxyl groups excluding tert-OH is 1. The number of thioether (sulfide) groups is 1. The van der Waals surface area contributed by atoms with Gasteiger partial charge in [0.15, 0.2) is 0 Å². The Morgan fingerprint density at radius 3 is 2.53 bits per heavy atom. The van der Waals surface area contributed by atoms with Crippen molar-refractivity contribution < 1.29 is 9.90 Å². The number of likely N-dealkylation sites (tertiary alicyclic amines) is 1. The minimum Gasteiger partial charge on any atom is -0.396 e. The van der Waals surface area contributed by atoms with Gasteiger partial charge in [0.2, 0.25) is 5.91 Å². The van der Waals surface area contributed by atoms with Crippen LogP contribution in [-0.4, -0.2) is 59.2 Å². The van der Waals surface area contributed by atoms with Gasteiger partial charge in [-0.15, -0.1) is 0 Å². The molecule has 5 heteroatoms. The highest BCUT2D eigenvalue weighted by Crippen LogP contribution is 2.13. The Labute approximate surface area is 121 Å². The first-order chi connectivity index (χ1) is 9.02. The van der Waals surface area contributed by atoms with Crippen LogP contribution in [0.5, 0.6) is 0 Å². The number of rotatable bonds is 7. The van der Waals surface area contributed by atoms with E-state index in [9.17, 15) is 4.79 Å². The van der Waals surface area contributed by atoms with Crippen LogP contribution in [0, 0.1) is 5.92 Å². The Bertz CT molecular complexity index is 266. The summed E-state index contributed by atoms with van der Waals surface area (Å²) in [6, 6.07) is 0.950. The smallest absolute Gasteiger partial charge is 0.230 e. The van der Waals surface area contributed by atoms with E-state index in [4.69, 9.17) is 5.11 Å². The lowest BCUT2D eigenvalue weighted by Gasteiger charge is -2.34. The highest BCUT2D eigenvalue weighted by atomic mass is 32.2. The molecule has 0 aromatic carbocycles. The van der Waals surface area contributed by atoms with E-state index >= 15 is 0 Å². The summed E-state index contributed by atoms with van der Waals surface area (Å²) < 4.78 is 0. The van der Waals surface area contributed by atoms with Gasteiger partial charge in [0.05, 0.1) is 5.75 Å². The van der Waals surface area contributed by atoms with Crippen LogP contribution >= 0.6 is 11.8 Å². The molecule has 0 spiro atoms. The lowest BCUT2D eigenvalue weighted by molar-refractivity contribution is -0.119. The lowest BCUT2D eigenvalue weighted by Crippen LogP contribution is -2.47. The number of hydrogen-bond donors (Lipinski definition) is 2. The van der Waals surface area contributed by atoms with Crippen LogP contribution < -0.4 is 5.32 Å². The molecule has 0 bridgehead atoms. The third kappa shape index (κ3) is 6.63. The highest BCUT2D eigenvalue weighted by Gasteiger charge is 2.21. The predicted octanol–water partition coefficient (Wildman–Crippen LogP) is 1.34. The van der Waals surface area contributed by atoms with Crippen molar-refractivity contribution in [2.45, 2.75) is 45.7 Å². The van der Waals surface area contributed by atoms with Crippen molar-refractivity contribution in [2.24, 2.45) is 5.92 Å². The summed E-state index contributed by atoms with van der Waals surface area (Å²) in [7, 11) is 0. The van der Waals surface area contributed by atoms with Crippen LogP contribution in [0.3, 0.4) is 0 Å². The molecule has 1 atom stereocenters. The number of hydrogen-bond acceptors (Lipinski definition) is 4. The molecule has 0 aromatic rings. The molecule has 0 radical (unpaired) electrons. The van der Waals surface area contributed by atoms with Gasteiger partial charge >= 0.3 is 0 Å². The SMILES string of the molecule is CC(CO)CSCC(=O)NC1CCN(C(C)C)CC1. The summed E-state index contributed by atoms with van der Waals surface area (Å²) >= 11 is 1.61. The second-order valence-corrected chi connectivity index (χ2v) is 6.80. The van der Waals surface area contributed by atoms with E-state index in [1.165, 1.54) is 0 Å². The molecule has 1 heterocycles. The molecular formula is C14H28N2O2S. The zero-order chi connectivity index (χ0) is 14.3. The van der Waals surface area contributed by atoms with Gasteiger partial charge in [0.25, 0.3) is 0 Å². The van der Waals surface area contributed by atoms with Gasteiger partial charge in [-0.1, -0.05) is 6.92 Å². The van der Waals surface area contributed by atoms with Crippen LogP contribution in [0.15, 0.2) is 0 Å².